The smallest absolute Gasteiger partial charge is 0.195 e. The monoisotopic (exact) mass is 223 g/mol. The molecule has 5 nitrogen and oxygen atoms in total. The van der Waals surface area contributed by atoms with Crippen molar-refractivity contribution in [3.05, 3.63) is 40.2 Å². The molecule has 0 aliphatic rings. The molecule has 1 heterocycles. The Morgan fingerprint density at radius 2 is 2.27 bits per heavy atom. The van der Waals surface area contributed by atoms with Crippen LogP contribution in [0.25, 0.3) is 0 Å². The zero-order valence-corrected chi connectivity index (χ0v) is 8.86. The van der Waals surface area contributed by atoms with Gasteiger partial charge in [-0.25, -0.2) is 0 Å². The highest BCUT2D eigenvalue weighted by atomic mass is 35.5. The molecule has 1 aromatic heterocycles. The van der Waals surface area contributed by atoms with Crippen molar-refractivity contribution in [2.45, 2.75) is 13.0 Å². The summed E-state index contributed by atoms with van der Waals surface area (Å²) in [6.07, 6.45) is 0. The zero-order valence-electron chi connectivity index (χ0n) is 8.11. The minimum absolute atomic E-state index is 0.401. The van der Waals surface area contributed by atoms with Crippen molar-refractivity contribution in [1.82, 2.24) is 20.6 Å². The standard InChI is InChI=1S/C9H10ClN5/c1-5-2-3-6(4-7(5)10)8(11)9-12-14-15-13-9/h2-4,8H,11H2,1H3,(H,12,13,14,15). The van der Waals surface area contributed by atoms with Crippen LogP contribution in [0.2, 0.25) is 5.02 Å². The quantitative estimate of drug-likeness (QED) is 0.802. The van der Waals surface area contributed by atoms with Gasteiger partial charge in [0.25, 0.3) is 0 Å². The number of nitrogens with two attached hydrogens (primary N) is 1. The van der Waals surface area contributed by atoms with Crippen LogP contribution in [0, 0.1) is 6.92 Å². The van der Waals surface area contributed by atoms with Crippen LogP contribution in [-0.4, -0.2) is 20.6 Å². The lowest BCUT2D eigenvalue weighted by atomic mass is 10.1. The highest BCUT2D eigenvalue weighted by molar-refractivity contribution is 6.31. The molecule has 78 valence electrons. The first-order valence-electron chi connectivity index (χ1n) is 4.43. The number of nitrogens with zero attached hydrogens (tertiary/aromatic N) is 3. The van der Waals surface area contributed by atoms with Crippen LogP contribution in [0.4, 0.5) is 0 Å². The minimum Gasteiger partial charge on any atom is -0.318 e. The number of aromatic nitrogens is 4. The molecule has 0 radical (unpaired) electrons. The highest BCUT2D eigenvalue weighted by Crippen LogP contribution is 2.22. The van der Waals surface area contributed by atoms with Gasteiger partial charge in [-0.3, -0.25) is 0 Å². The molecule has 2 aromatic rings. The first-order valence-corrected chi connectivity index (χ1v) is 4.81. The Morgan fingerprint density at radius 1 is 1.47 bits per heavy atom. The fourth-order valence-electron chi connectivity index (χ4n) is 1.25. The minimum atomic E-state index is -0.401. The summed E-state index contributed by atoms with van der Waals surface area (Å²) in [4.78, 5) is 0. The van der Waals surface area contributed by atoms with Crippen LogP contribution >= 0.6 is 11.6 Å². The van der Waals surface area contributed by atoms with Crippen LogP contribution in [0.3, 0.4) is 0 Å². The number of benzene rings is 1. The average Bonchev–Trinajstić information content (AvgIpc) is 2.74. The summed E-state index contributed by atoms with van der Waals surface area (Å²) >= 11 is 6.00. The van der Waals surface area contributed by atoms with Crippen LogP contribution in [0.1, 0.15) is 23.0 Å². The summed E-state index contributed by atoms with van der Waals surface area (Å²) in [6.45, 7) is 1.94. The van der Waals surface area contributed by atoms with Gasteiger partial charge in [-0.1, -0.05) is 28.9 Å². The van der Waals surface area contributed by atoms with Gasteiger partial charge in [0.2, 0.25) is 0 Å². The van der Waals surface area contributed by atoms with E-state index in [1.807, 2.05) is 25.1 Å². The summed E-state index contributed by atoms with van der Waals surface area (Å²) in [5.41, 5.74) is 7.82. The molecule has 1 aromatic carbocycles. The Morgan fingerprint density at radius 3 is 2.87 bits per heavy atom. The van der Waals surface area contributed by atoms with Gasteiger partial charge in [0, 0.05) is 5.02 Å². The molecule has 0 aliphatic heterocycles. The van der Waals surface area contributed by atoms with Gasteiger partial charge in [0.15, 0.2) is 5.82 Å². The fraction of sp³-hybridized carbons (Fsp3) is 0.222. The Balaban J connectivity index is 2.34. The fourth-order valence-corrected chi connectivity index (χ4v) is 1.44. The highest BCUT2D eigenvalue weighted by Gasteiger charge is 2.13. The second-order valence-corrected chi connectivity index (χ2v) is 3.66. The third kappa shape index (κ3) is 1.98. The number of hydrogen-bond donors (Lipinski definition) is 2. The molecule has 1 atom stereocenters. The Labute approximate surface area is 91.6 Å². The van der Waals surface area contributed by atoms with Crippen molar-refractivity contribution in [3.63, 3.8) is 0 Å². The van der Waals surface area contributed by atoms with E-state index in [0.717, 1.165) is 11.1 Å². The van der Waals surface area contributed by atoms with Crippen LogP contribution < -0.4 is 5.73 Å². The molecular formula is C9H10ClN5. The number of rotatable bonds is 2. The largest absolute Gasteiger partial charge is 0.318 e. The summed E-state index contributed by atoms with van der Waals surface area (Å²) < 4.78 is 0. The van der Waals surface area contributed by atoms with Crippen LogP contribution in [0.15, 0.2) is 18.2 Å². The van der Waals surface area contributed by atoms with Crippen molar-refractivity contribution >= 4 is 11.6 Å². The molecule has 0 saturated heterocycles. The Kier molecular flexibility index (Phi) is 2.66. The van der Waals surface area contributed by atoms with E-state index >= 15 is 0 Å². The molecule has 0 fully saturated rings. The number of hydrogen-bond acceptors (Lipinski definition) is 4. The van der Waals surface area contributed by atoms with E-state index in [9.17, 15) is 0 Å². The van der Waals surface area contributed by atoms with Gasteiger partial charge in [-0.05, 0) is 24.1 Å². The number of halogens is 1. The molecule has 1 unspecified atom stereocenters. The third-order valence-corrected chi connectivity index (χ3v) is 2.60. The Bertz CT molecular complexity index is 454. The first-order chi connectivity index (χ1) is 7.18. The van der Waals surface area contributed by atoms with E-state index in [1.165, 1.54) is 0 Å². The van der Waals surface area contributed by atoms with E-state index in [-0.39, 0.29) is 0 Å². The normalized spacial score (nSPS) is 12.7. The number of aromatic amines is 1. The first kappa shape index (κ1) is 10.1. The lowest BCUT2D eigenvalue weighted by Gasteiger charge is -2.08. The van der Waals surface area contributed by atoms with E-state index in [4.69, 9.17) is 17.3 Å². The lowest BCUT2D eigenvalue weighted by molar-refractivity contribution is 0.785. The molecular weight excluding hydrogens is 214 g/mol. The topological polar surface area (TPSA) is 80.5 Å². The SMILES string of the molecule is Cc1ccc(C(N)c2nn[nH]n2)cc1Cl. The molecule has 0 spiro atoms. The molecule has 3 N–H and O–H groups in total. The Hall–Kier alpha value is -1.46. The van der Waals surface area contributed by atoms with Gasteiger partial charge in [-0.2, -0.15) is 5.21 Å². The van der Waals surface area contributed by atoms with Gasteiger partial charge >= 0.3 is 0 Å². The zero-order chi connectivity index (χ0) is 10.8. The van der Waals surface area contributed by atoms with E-state index < -0.39 is 6.04 Å². The average molecular weight is 224 g/mol. The summed E-state index contributed by atoms with van der Waals surface area (Å²) in [7, 11) is 0. The van der Waals surface area contributed by atoms with Gasteiger partial charge in [-0.15, -0.1) is 10.2 Å². The van der Waals surface area contributed by atoms with E-state index in [1.54, 1.807) is 0 Å². The maximum atomic E-state index is 6.00. The lowest BCUT2D eigenvalue weighted by Crippen LogP contribution is -2.13. The van der Waals surface area contributed by atoms with Crippen molar-refractivity contribution in [2.75, 3.05) is 0 Å². The van der Waals surface area contributed by atoms with Gasteiger partial charge < -0.3 is 5.73 Å². The van der Waals surface area contributed by atoms with Gasteiger partial charge in [0.1, 0.15) is 0 Å². The maximum absolute atomic E-state index is 6.00. The second kappa shape index (κ2) is 3.96. The van der Waals surface area contributed by atoms with E-state index in [2.05, 4.69) is 20.6 Å². The number of tetrazole rings is 1. The maximum Gasteiger partial charge on any atom is 0.195 e. The molecule has 15 heavy (non-hydrogen) atoms. The van der Waals surface area contributed by atoms with Crippen molar-refractivity contribution in [1.29, 1.82) is 0 Å². The molecule has 0 bridgehead atoms. The van der Waals surface area contributed by atoms with Crippen LogP contribution in [-0.2, 0) is 0 Å². The predicted octanol–water partition coefficient (Wildman–Crippen LogP) is 1.21. The van der Waals surface area contributed by atoms with Crippen molar-refractivity contribution < 1.29 is 0 Å². The predicted molar refractivity (Wildman–Crippen MR) is 56.4 cm³/mol. The van der Waals surface area contributed by atoms with Crippen LogP contribution in [0.5, 0.6) is 0 Å². The number of aryl methyl sites for hydroxylation is 1. The van der Waals surface area contributed by atoms with E-state index in [0.29, 0.717) is 10.8 Å². The third-order valence-electron chi connectivity index (χ3n) is 2.19. The molecule has 6 heteroatoms. The molecule has 0 aliphatic carbocycles. The summed E-state index contributed by atoms with van der Waals surface area (Å²) in [5, 5.41) is 14.2. The molecule has 2 rings (SSSR count). The van der Waals surface area contributed by atoms with Gasteiger partial charge in [0.05, 0.1) is 6.04 Å². The summed E-state index contributed by atoms with van der Waals surface area (Å²) in [5.74, 6) is 0.454. The second-order valence-electron chi connectivity index (χ2n) is 3.26. The van der Waals surface area contributed by atoms with Crippen molar-refractivity contribution in [3.8, 4) is 0 Å². The number of H-pyrrole nitrogens is 1. The number of nitrogens with one attached hydrogen (secondary N) is 1. The summed E-state index contributed by atoms with van der Waals surface area (Å²) in [6, 6.07) is 5.24. The molecule has 0 amide bonds. The van der Waals surface area contributed by atoms with Crippen molar-refractivity contribution in [2.24, 2.45) is 5.73 Å². The molecule has 0 saturated carbocycles.